The monoisotopic (exact) mass is 392 g/mol. The van der Waals surface area contributed by atoms with Gasteiger partial charge in [-0.1, -0.05) is 23.4 Å². The molecule has 1 saturated carbocycles. The van der Waals surface area contributed by atoms with Crippen molar-refractivity contribution in [3.63, 3.8) is 0 Å². The van der Waals surface area contributed by atoms with E-state index in [-0.39, 0.29) is 30.8 Å². The molecule has 1 amide bonds. The number of para-hydroxylation sites is 1. The Labute approximate surface area is 164 Å². The number of rotatable bonds is 5. The summed E-state index contributed by atoms with van der Waals surface area (Å²) in [5, 5.41) is 4.09. The molecule has 2 fully saturated rings. The van der Waals surface area contributed by atoms with Crippen molar-refractivity contribution in [3.05, 3.63) is 42.0 Å². The molecule has 1 aliphatic heterocycles. The number of carbonyl (C=O) groups is 1. The molecule has 1 aromatic carbocycles. The van der Waals surface area contributed by atoms with Crippen LogP contribution in [0.25, 0.3) is 0 Å². The predicted molar refractivity (Wildman–Crippen MR) is 102 cm³/mol. The lowest BCUT2D eigenvalue weighted by molar-refractivity contribution is -0.134. The molecule has 1 aliphatic carbocycles. The van der Waals surface area contributed by atoms with E-state index in [1.54, 1.807) is 0 Å². The quantitative estimate of drug-likeness (QED) is 0.840. The summed E-state index contributed by atoms with van der Waals surface area (Å²) < 4.78 is 11.0. The van der Waals surface area contributed by atoms with Crippen molar-refractivity contribution in [1.29, 1.82) is 0 Å². The first-order valence-electron chi connectivity index (χ1n) is 9.23. The van der Waals surface area contributed by atoms with Crippen LogP contribution in [0.15, 0.2) is 34.9 Å². The van der Waals surface area contributed by atoms with E-state index < -0.39 is 5.54 Å². The van der Waals surface area contributed by atoms with Gasteiger partial charge in [0, 0.05) is 19.0 Å². The molecule has 4 rings (SSSR count). The van der Waals surface area contributed by atoms with E-state index in [1.165, 1.54) is 0 Å². The van der Waals surface area contributed by atoms with Gasteiger partial charge in [-0.05, 0) is 44.2 Å². The normalized spacial score (nSPS) is 19.1. The summed E-state index contributed by atoms with van der Waals surface area (Å²) in [5.74, 6) is 2.20. The van der Waals surface area contributed by atoms with Gasteiger partial charge >= 0.3 is 0 Å². The molecule has 8 heteroatoms. The second-order valence-corrected chi connectivity index (χ2v) is 7.22. The van der Waals surface area contributed by atoms with Gasteiger partial charge in [0.15, 0.2) is 12.4 Å². The zero-order valence-corrected chi connectivity index (χ0v) is 16.0. The first-order valence-corrected chi connectivity index (χ1v) is 9.23. The third kappa shape index (κ3) is 4.25. The summed E-state index contributed by atoms with van der Waals surface area (Å²) in [5.41, 5.74) is 5.86. The molecule has 2 aromatic rings. The van der Waals surface area contributed by atoms with Gasteiger partial charge in [0.2, 0.25) is 5.89 Å². The van der Waals surface area contributed by atoms with Crippen molar-refractivity contribution in [2.45, 2.75) is 43.6 Å². The number of hydrogen-bond donors (Lipinski definition) is 1. The van der Waals surface area contributed by atoms with Crippen LogP contribution < -0.4 is 10.5 Å². The van der Waals surface area contributed by atoms with Gasteiger partial charge in [-0.3, -0.25) is 4.79 Å². The maximum absolute atomic E-state index is 12.3. The fraction of sp³-hybridized carbons (Fsp3) is 0.526. The maximum atomic E-state index is 12.3. The Bertz CT molecular complexity index is 755. The summed E-state index contributed by atoms with van der Waals surface area (Å²) in [6.45, 7) is 1.41. The van der Waals surface area contributed by atoms with Gasteiger partial charge in [-0.15, -0.1) is 12.4 Å². The minimum atomic E-state index is -0.396. The van der Waals surface area contributed by atoms with E-state index >= 15 is 0 Å². The minimum Gasteiger partial charge on any atom is -0.484 e. The van der Waals surface area contributed by atoms with E-state index in [9.17, 15) is 4.79 Å². The fourth-order valence-electron chi connectivity index (χ4n) is 3.51. The van der Waals surface area contributed by atoms with Crippen molar-refractivity contribution in [1.82, 2.24) is 15.0 Å². The number of aromatic nitrogens is 2. The lowest BCUT2D eigenvalue weighted by Gasteiger charge is -2.34. The number of ether oxygens (including phenoxy) is 1. The molecule has 27 heavy (non-hydrogen) atoms. The summed E-state index contributed by atoms with van der Waals surface area (Å²) in [6.07, 6.45) is 4.58. The van der Waals surface area contributed by atoms with Crippen molar-refractivity contribution >= 4 is 18.3 Å². The van der Waals surface area contributed by atoms with Crippen molar-refractivity contribution < 1.29 is 14.1 Å². The molecule has 1 aromatic heterocycles. The standard InChI is InChI=1S/C19H24N4O3.ClH/c20-19(9-4-10-19)18-21-17(26-22-18)14-7-11-23(12-8-14)16(24)13-25-15-5-2-1-3-6-15;/h1-3,5-6,14H,4,7-13,20H2;1H. The van der Waals surface area contributed by atoms with E-state index in [0.717, 1.165) is 32.1 Å². The lowest BCUT2D eigenvalue weighted by atomic mass is 9.77. The number of nitrogens with two attached hydrogens (primary N) is 1. The Kier molecular flexibility index (Phi) is 6.01. The van der Waals surface area contributed by atoms with Gasteiger partial charge in [0.25, 0.3) is 5.91 Å². The van der Waals surface area contributed by atoms with Crippen LogP contribution in [0.5, 0.6) is 5.75 Å². The highest BCUT2D eigenvalue weighted by molar-refractivity contribution is 5.85. The average molecular weight is 393 g/mol. The predicted octanol–water partition coefficient (Wildman–Crippen LogP) is 2.61. The van der Waals surface area contributed by atoms with E-state index in [0.29, 0.717) is 30.6 Å². The number of likely N-dealkylation sites (tertiary alicyclic amines) is 1. The smallest absolute Gasteiger partial charge is 0.260 e. The molecular formula is C19H25ClN4O3. The minimum absolute atomic E-state index is 0. The number of benzene rings is 1. The average Bonchev–Trinajstić information content (AvgIpc) is 3.16. The Morgan fingerprint density at radius 2 is 1.96 bits per heavy atom. The number of hydrogen-bond acceptors (Lipinski definition) is 6. The van der Waals surface area contributed by atoms with Crippen LogP contribution in [-0.2, 0) is 10.3 Å². The third-order valence-corrected chi connectivity index (χ3v) is 5.44. The topological polar surface area (TPSA) is 94.5 Å². The Morgan fingerprint density at radius 3 is 2.59 bits per heavy atom. The third-order valence-electron chi connectivity index (χ3n) is 5.44. The highest BCUT2D eigenvalue weighted by Crippen LogP contribution is 2.38. The zero-order valence-electron chi connectivity index (χ0n) is 15.2. The molecule has 2 N–H and O–H groups in total. The molecule has 1 saturated heterocycles. The van der Waals surface area contributed by atoms with Gasteiger partial charge in [-0.2, -0.15) is 4.98 Å². The van der Waals surface area contributed by atoms with E-state index in [2.05, 4.69) is 10.1 Å². The first-order chi connectivity index (χ1) is 12.6. The molecule has 7 nitrogen and oxygen atoms in total. The summed E-state index contributed by atoms with van der Waals surface area (Å²) in [4.78, 5) is 18.7. The van der Waals surface area contributed by atoms with Crippen LogP contribution in [0.3, 0.4) is 0 Å². The van der Waals surface area contributed by atoms with Crippen molar-refractivity contribution in [2.75, 3.05) is 19.7 Å². The summed E-state index contributed by atoms with van der Waals surface area (Å²) >= 11 is 0. The molecule has 0 radical (unpaired) electrons. The summed E-state index contributed by atoms with van der Waals surface area (Å²) in [7, 11) is 0. The van der Waals surface area contributed by atoms with Crippen LogP contribution in [0.4, 0.5) is 0 Å². The summed E-state index contributed by atoms with van der Waals surface area (Å²) in [6, 6.07) is 9.38. The second kappa shape index (κ2) is 8.27. The second-order valence-electron chi connectivity index (χ2n) is 7.22. The number of carbonyl (C=O) groups excluding carboxylic acids is 1. The molecule has 0 spiro atoms. The van der Waals surface area contributed by atoms with Crippen LogP contribution >= 0.6 is 12.4 Å². The van der Waals surface area contributed by atoms with Crippen molar-refractivity contribution in [2.24, 2.45) is 5.73 Å². The highest BCUT2D eigenvalue weighted by atomic mass is 35.5. The van der Waals surface area contributed by atoms with Gasteiger partial charge in [-0.25, -0.2) is 0 Å². The Hall–Kier alpha value is -2.12. The zero-order chi connectivity index (χ0) is 18.0. The van der Waals surface area contributed by atoms with Gasteiger partial charge < -0.3 is 19.9 Å². The SMILES string of the molecule is Cl.NC1(c2noc(C3CCN(C(=O)COc4ccccc4)CC3)n2)CCC1. The van der Waals surface area contributed by atoms with Crippen LogP contribution in [0.1, 0.15) is 49.7 Å². The first kappa shape index (κ1) is 19.6. The van der Waals surface area contributed by atoms with Gasteiger partial charge in [0.1, 0.15) is 5.75 Å². The molecule has 2 aliphatic rings. The Morgan fingerprint density at radius 1 is 1.26 bits per heavy atom. The molecular weight excluding hydrogens is 368 g/mol. The number of halogens is 1. The lowest BCUT2D eigenvalue weighted by Crippen LogP contribution is -2.44. The molecule has 0 atom stereocenters. The van der Waals surface area contributed by atoms with Crippen molar-refractivity contribution in [3.8, 4) is 5.75 Å². The molecule has 0 unspecified atom stereocenters. The van der Waals surface area contributed by atoms with E-state index in [4.69, 9.17) is 15.0 Å². The molecule has 0 bridgehead atoms. The Balaban J connectivity index is 0.00000210. The fourth-order valence-corrected chi connectivity index (χ4v) is 3.51. The van der Waals surface area contributed by atoms with Gasteiger partial charge in [0.05, 0.1) is 5.54 Å². The number of piperidine rings is 1. The number of nitrogens with zero attached hydrogens (tertiary/aromatic N) is 3. The van der Waals surface area contributed by atoms with Crippen LogP contribution in [0, 0.1) is 0 Å². The van der Waals surface area contributed by atoms with Crippen LogP contribution in [0.2, 0.25) is 0 Å². The highest BCUT2D eigenvalue weighted by Gasteiger charge is 2.39. The molecule has 2 heterocycles. The molecule has 146 valence electrons. The maximum Gasteiger partial charge on any atom is 0.260 e. The largest absolute Gasteiger partial charge is 0.484 e. The van der Waals surface area contributed by atoms with E-state index in [1.807, 2.05) is 35.2 Å². The number of amides is 1. The van der Waals surface area contributed by atoms with Crippen LogP contribution in [-0.4, -0.2) is 40.6 Å².